The van der Waals surface area contributed by atoms with Crippen LogP contribution in [0.4, 0.5) is 0 Å². The number of thiophene rings is 1. The van der Waals surface area contributed by atoms with E-state index >= 15 is 0 Å². The molecule has 1 aliphatic heterocycles. The monoisotopic (exact) mass is 195 g/mol. The third-order valence-corrected chi connectivity index (χ3v) is 2.85. The summed E-state index contributed by atoms with van der Waals surface area (Å²) < 4.78 is 0. The van der Waals surface area contributed by atoms with E-state index in [1.165, 1.54) is 10.4 Å². The van der Waals surface area contributed by atoms with Gasteiger partial charge in [0.2, 0.25) is 0 Å². The van der Waals surface area contributed by atoms with E-state index in [0.717, 1.165) is 0 Å². The Bertz CT molecular complexity index is 356. The molecule has 1 aromatic rings. The fourth-order valence-electron chi connectivity index (χ4n) is 1.35. The summed E-state index contributed by atoms with van der Waals surface area (Å²) in [5.41, 5.74) is 1.22. The van der Waals surface area contributed by atoms with Gasteiger partial charge in [0.25, 0.3) is 0 Å². The van der Waals surface area contributed by atoms with Gasteiger partial charge in [-0.15, -0.1) is 11.3 Å². The maximum Gasteiger partial charge on any atom is 0.323 e. The lowest BCUT2D eigenvalue weighted by atomic mass is 10.2. The molecular weight excluding hydrogens is 186 g/mol. The largest absolute Gasteiger partial charge is 0.480 e. The van der Waals surface area contributed by atoms with Gasteiger partial charge in [-0.3, -0.25) is 4.79 Å². The lowest BCUT2D eigenvalue weighted by Crippen LogP contribution is -2.25. The topological polar surface area (TPSA) is 40.5 Å². The predicted octanol–water partition coefficient (Wildman–Crippen LogP) is 1.62. The Labute approximate surface area is 79.9 Å². The zero-order chi connectivity index (χ0) is 9.26. The molecule has 0 radical (unpaired) electrons. The van der Waals surface area contributed by atoms with Gasteiger partial charge in [0.05, 0.1) is 0 Å². The Kier molecular flexibility index (Phi) is 2.06. The highest BCUT2D eigenvalue weighted by molar-refractivity contribution is 7.11. The van der Waals surface area contributed by atoms with Crippen molar-refractivity contribution in [3.63, 3.8) is 0 Å². The van der Waals surface area contributed by atoms with Gasteiger partial charge >= 0.3 is 5.97 Å². The molecule has 2 heterocycles. The molecule has 0 spiro atoms. The zero-order valence-electron chi connectivity index (χ0n) is 6.93. The van der Waals surface area contributed by atoms with Gasteiger partial charge in [-0.05, 0) is 23.1 Å². The molecule has 0 bridgehead atoms. The second-order valence-corrected chi connectivity index (χ2v) is 3.87. The molecule has 3 nitrogen and oxygen atoms in total. The molecule has 0 unspecified atom stereocenters. The number of hydrogen-bond donors (Lipinski definition) is 1. The van der Waals surface area contributed by atoms with Crippen molar-refractivity contribution in [2.75, 3.05) is 6.54 Å². The molecule has 0 aromatic carbocycles. The fourth-order valence-corrected chi connectivity index (χ4v) is 2.15. The first-order chi connectivity index (χ1) is 6.25. The van der Waals surface area contributed by atoms with Crippen LogP contribution in [0.15, 0.2) is 17.6 Å². The average molecular weight is 195 g/mol. The van der Waals surface area contributed by atoms with Gasteiger partial charge in [0.15, 0.2) is 0 Å². The summed E-state index contributed by atoms with van der Waals surface area (Å²) in [5, 5.41) is 10.6. The Morgan fingerprint density at radius 2 is 2.54 bits per heavy atom. The van der Waals surface area contributed by atoms with Crippen LogP contribution in [-0.4, -0.2) is 22.5 Å². The van der Waals surface area contributed by atoms with Crippen molar-refractivity contribution >= 4 is 23.4 Å². The lowest BCUT2D eigenvalue weighted by molar-refractivity contribution is -0.137. The molecule has 2 rings (SSSR count). The van der Waals surface area contributed by atoms with Gasteiger partial charge in [-0.2, -0.15) is 0 Å². The summed E-state index contributed by atoms with van der Waals surface area (Å²) in [4.78, 5) is 13.5. The molecule has 4 heteroatoms. The van der Waals surface area contributed by atoms with E-state index in [0.29, 0.717) is 6.54 Å². The Balaban J connectivity index is 2.12. The summed E-state index contributed by atoms with van der Waals surface area (Å²) in [6.07, 6.45) is 3.80. The van der Waals surface area contributed by atoms with Crippen LogP contribution in [0.2, 0.25) is 0 Å². The highest BCUT2D eigenvalue weighted by atomic mass is 32.1. The van der Waals surface area contributed by atoms with Crippen molar-refractivity contribution in [2.24, 2.45) is 0 Å². The number of rotatable bonds is 2. The van der Waals surface area contributed by atoms with Crippen molar-refractivity contribution in [2.45, 2.75) is 6.54 Å². The highest BCUT2D eigenvalue weighted by Crippen LogP contribution is 2.24. The van der Waals surface area contributed by atoms with Crippen molar-refractivity contribution in [3.05, 3.63) is 28.1 Å². The molecule has 13 heavy (non-hydrogen) atoms. The second-order valence-electron chi connectivity index (χ2n) is 2.92. The molecule has 0 fully saturated rings. The second kappa shape index (κ2) is 3.22. The van der Waals surface area contributed by atoms with Crippen LogP contribution in [0.1, 0.15) is 10.4 Å². The zero-order valence-corrected chi connectivity index (χ0v) is 7.75. The van der Waals surface area contributed by atoms with Crippen molar-refractivity contribution < 1.29 is 9.90 Å². The number of carboxylic acids is 1. The first-order valence-electron chi connectivity index (χ1n) is 3.96. The van der Waals surface area contributed by atoms with Crippen LogP contribution in [0.25, 0.3) is 6.08 Å². The van der Waals surface area contributed by atoms with E-state index in [2.05, 4.69) is 0 Å². The van der Waals surface area contributed by atoms with Crippen molar-refractivity contribution in [1.29, 1.82) is 0 Å². The molecular formula is C9H9NO2S. The summed E-state index contributed by atoms with van der Waals surface area (Å²) in [7, 11) is 0. The molecule has 0 aliphatic carbocycles. The molecule has 0 saturated carbocycles. The number of fused-ring (bicyclic) bond motifs is 1. The first kappa shape index (κ1) is 8.31. The average Bonchev–Trinajstić information content (AvgIpc) is 2.49. The van der Waals surface area contributed by atoms with Crippen LogP contribution >= 0.6 is 11.3 Å². The number of carboxylic acid groups (broad SMARTS) is 1. The number of aliphatic carboxylic acids is 1. The van der Waals surface area contributed by atoms with Gasteiger partial charge in [0.1, 0.15) is 6.54 Å². The van der Waals surface area contributed by atoms with E-state index in [-0.39, 0.29) is 6.54 Å². The minimum atomic E-state index is -0.789. The van der Waals surface area contributed by atoms with E-state index in [1.807, 2.05) is 23.7 Å². The van der Waals surface area contributed by atoms with E-state index in [1.54, 1.807) is 16.2 Å². The van der Waals surface area contributed by atoms with E-state index < -0.39 is 5.97 Å². The third-order valence-electron chi connectivity index (χ3n) is 1.93. The minimum absolute atomic E-state index is 0.0752. The molecule has 0 atom stereocenters. The summed E-state index contributed by atoms with van der Waals surface area (Å²) >= 11 is 1.69. The maximum atomic E-state index is 10.4. The predicted molar refractivity (Wildman–Crippen MR) is 51.4 cm³/mol. The first-order valence-corrected chi connectivity index (χ1v) is 4.84. The number of nitrogens with zero attached hydrogens (tertiary/aromatic N) is 1. The lowest BCUT2D eigenvalue weighted by Gasteiger charge is -2.21. The smallest absolute Gasteiger partial charge is 0.323 e. The quantitative estimate of drug-likeness (QED) is 0.779. The maximum absolute atomic E-state index is 10.4. The van der Waals surface area contributed by atoms with Gasteiger partial charge in [-0.1, -0.05) is 0 Å². The molecule has 0 amide bonds. The molecule has 0 saturated heterocycles. The highest BCUT2D eigenvalue weighted by Gasteiger charge is 2.12. The Morgan fingerprint density at radius 3 is 3.31 bits per heavy atom. The summed E-state index contributed by atoms with van der Waals surface area (Å²) in [5.74, 6) is -0.789. The van der Waals surface area contributed by atoms with Gasteiger partial charge < -0.3 is 10.0 Å². The van der Waals surface area contributed by atoms with E-state index in [9.17, 15) is 4.79 Å². The standard InChI is InChI=1S/C9H9NO2S/c11-9(12)6-10-3-1-8-7(5-10)2-4-13-8/h1-4H,5-6H2,(H,11,12). The fraction of sp³-hybridized carbons (Fsp3) is 0.222. The minimum Gasteiger partial charge on any atom is -0.480 e. The van der Waals surface area contributed by atoms with Gasteiger partial charge in [-0.25, -0.2) is 0 Å². The molecule has 68 valence electrons. The number of hydrogen-bond acceptors (Lipinski definition) is 3. The molecule has 1 aromatic heterocycles. The molecule has 1 aliphatic rings. The summed E-state index contributed by atoms with van der Waals surface area (Å²) in [6.45, 7) is 0.785. The summed E-state index contributed by atoms with van der Waals surface area (Å²) in [6, 6.07) is 2.04. The van der Waals surface area contributed by atoms with Crippen LogP contribution in [0.3, 0.4) is 0 Å². The molecule has 1 N–H and O–H groups in total. The normalized spacial score (nSPS) is 14.3. The van der Waals surface area contributed by atoms with Crippen LogP contribution in [-0.2, 0) is 11.3 Å². The van der Waals surface area contributed by atoms with Crippen LogP contribution in [0.5, 0.6) is 0 Å². The van der Waals surface area contributed by atoms with Gasteiger partial charge in [0, 0.05) is 17.6 Å². The van der Waals surface area contributed by atoms with Crippen LogP contribution in [0, 0.1) is 0 Å². The number of carbonyl (C=O) groups is 1. The Morgan fingerprint density at radius 1 is 1.69 bits per heavy atom. The van der Waals surface area contributed by atoms with Crippen LogP contribution < -0.4 is 0 Å². The van der Waals surface area contributed by atoms with Crippen molar-refractivity contribution in [3.8, 4) is 0 Å². The Hall–Kier alpha value is -1.29. The van der Waals surface area contributed by atoms with Crippen molar-refractivity contribution in [1.82, 2.24) is 4.90 Å². The SMILES string of the molecule is O=C(O)CN1C=Cc2sccc2C1. The van der Waals surface area contributed by atoms with E-state index in [4.69, 9.17) is 5.11 Å². The third kappa shape index (κ3) is 1.72.